The lowest BCUT2D eigenvalue weighted by Crippen LogP contribution is -1.80. The van der Waals surface area contributed by atoms with Crippen LogP contribution >= 0.6 is 11.8 Å². The second-order valence-electron chi connectivity index (χ2n) is 1.40. The smallest absolute Gasteiger partial charge is 0.0610 e. The highest BCUT2D eigenvalue weighted by Gasteiger charge is 1.83. The molecule has 2 heteroatoms. The Morgan fingerprint density at radius 1 is 1.71 bits per heavy atom. The van der Waals surface area contributed by atoms with E-state index >= 15 is 0 Å². The van der Waals surface area contributed by atoms with E-state index in [0.717, 1.165) is 10.8 Å². The molecule has 0 rings (SSSR count). The lowest BCUT2D eigenvalue weighted by Gasteiger charge is -1.90. The molecule has 0 aliphatic carbocycles. The van der Waals surface area contributed by atoms with Crippen molar-refractivity contribution in [1.82, 2.24) is 0 Å². The molecule has 0 amide bonds. The Balaban J connectivity index is 2.82. The Labute approximate surface area is 49.0 Å². The van der Waals surface area contributed by atoms with Crippen molar-refractivity contribution in [3.63, 3.8) is 0 Å². The van der Waals surface area contributed by atoms with Gasteiger partial charge in [-0.15, -0.1) is 11.8 Å². The van der Waals surface area contributed by atoms with Gasteiger partial charge in [0.1, 0.15) is 0 Å². The molecular formula is C5H11NS. The molecule has 0 unspecified atom stereocenters. The minimum Gasteiger partial charge on any atom is -0.299 e. The standard InChI is InChI=1S/C5H11NS/c1-3-4-7-5(2)6/h6H,3-4H2,1-2H3. The maximum atomic E-state index is 6.96. The largest absolute Gasteiger partial charge is 0.299 e. The van der Waals surface area contributed by atoms with Crippen molar-refractivity contribution < 1.29 is 0 Å². The normalized spacial score (nSPS) is 8.86. The number of hydrogen-bond acceptors (Lipinski definition) is 2. The van der Waals surface area contributed by atoms with Gasteiger partial charge >= 0.3 is 0 Å². The predicted octanol–water partition coefficient (Wildman–Crippen LogP) is 2.13. The van der Waals surface area contributed by atoms with Crippen LogP contribution in [0.5, 0.6) is 0 Å². The first-order valence-corrected chi connectivity index (χ1v) is 3.44. The Bertz CT molecular complexity index is 61.1. The van der Waals surface area contributed by atoms with Crippen LogP contribution in [0.2, 0.25) is 0 Å². The topological polar surface area (TPSA) is 23.9 Å². The predicted molar refractivity (Wildman–Crippen MR) is 36.1 cm³/mol. The van der Waals surface area contributed by atoms with Crippen molar-refractivity contribution in [2.75, 3.05) is 5.75 Å². The molecule has 0 spiro atoms. The van der Waals surface area contributed by atoms with Crippen molar-refractivity contribution in [1.29, 1.82) is 5.41 Å². The van der Waals surface area contributed by atoms with Gasteiger partial charge in [0.05, 0.1) is 5.04 Å². The molecular weight excluding hydrogens is 106 g/mol. The highest BCUT2D eigenvalue weighted by molar-refractivity contribution is 8.13. The van der Waals surface area contributed by atoms with Crippen molar-refractivity contribution in [2.24, 2.45) is 0 Å². The fraction of sp³-hybridized carbons (Fsp3) is 0.800. The SMILES string of the molecule is CCCSC(C)=N. The summed E-state index contributed by atoms with van der Waals surface area (Å²) in [6, 6.07) is 0. The van der Waals surface area contributed by atoms with Crippen LogP contribution in [0.25, 0.3) is 0 Å². The monoisotopic (exact) mass is 117 g/mol. The molecule has 42 valence electrons. The highest BCUT2D eigenvalue weighted by atomic mass is 32.2. The summed E-state index contributed by atoms with van der Waals surface area (Å²) < 4.78 is 0. The van der Waals surface area contributed by atoms with E-state index in [2.05, 4.69) is 6.92 Å². The summed E-state index contributed by atoms with van der Waals surface area (Å²) >= 11 is 1.61. The summed E-state index contributed by atoms with van der Waals surface area (Å²) in [5, 5.41) is 7.68. The molecule has 0 saturated heterocycles. The van der Waals surface area contributed by atoms with Crippen molar-refractivity contribution in [2.45, 2.75) is 20.3 Å². The lowest BCUT2D eigenvalue weighted by molar-refractivity contribution is 1.11. The minimum atomic E-state index is 0.724. The molecule has 0 aliphatic rings. The van der Waals surface area contributed by atoms with Gasteiger partial charge < -0.3 is 0 Å². The van der Waals surface area contributed by atoms with E-state index in [0.29, 0.717) is 0 Å². The van der Waals surface area contributed by atoms with E-state index in [9.17, 15) is 0 Å². The van der Waals surface area contributed by atoms with Crippen LogP contribution in [-0.4, -0.2) is 10.8 Å². The first-order chi connectivity index (χ1) is 3.27. The molecule has 0 saturated carbocycles. The van der Waals surface area contributed by atoms with E-state index in [1.54, 1.807) is 11.8 Å². The van der Waals surface area contributed by atoms with E-state index < -0.39 is 0 Å². The van der Waals surface area contributed by atoms with E-state index in [1.807, 2.05) is 6.92 Å². The summed E-state index contributed by atoms with van der Waals surface area (Å²) in [4.78, 5) is 0. The van der Waals surface area contributed by atoms with Crippen LogP contribution in [0.1, 0.15) is 20.3 Å². The fourth-order valence-electron chi connectivity index (χ4n) is 0.255. The van der Waals surface area contributed by atoms with Gasteiger partial charge in [0.2, 0.25) is 0 Å². The Morgan fingerprint density at radius 3 is 2.43 bits per heavy atom. The van der Waals surface area contributed by atoms with Gasteiger partial charge in [-0.2, -0.15) is 0 Å². The number of thioether (sulfide) groups is 1. The highest BCUT2D eigenvalue weighted by Crippen LogP contribution is 2.01. The van der Waals surface area contributed by atoms with Gasteiger partial charge in [-0.3, -0.25) is 5.41 Å². The molecule has 0 aliphatic heterocycles. The van der Waals surface area contributed by atoms with Gasteiger partial charge in [0.15, 0.2) is 0 Å². The fourth-order valence-corrected chi connectivity index (χ4v) is 0.765. The average molecular weight is 117 g/mol. The van der Waals surface area contributed by atoms with Gasteiger partial charge in [0, 0.05) is 0 Å². The third-order valence-corrected chi connectivity index (χ3v) is 1.57. The summed E-state index contributed by atoms with van der Waals surface area (Å²) in [7, 11) is 0. The third kappa shape index (κ3) is 6.02. The molecule has 1 nitrogen and oxygen atoms in total. The van der Waals surface area contributed by atoms with Gasteiger partial charge in [-0.25, -0.2) is 0 Å². The number of rotatable bonds is 2. The molecule has 0 radical (unpaired) electrons. The number of hydrogen-bond donors (Lipinski definition) is 1. The van der Waals surface area contributed by atoms with Crippen molar-refractivity contribution in [3.8, 4) is 0 Å². The van der Waals surface area contributed by atoms with Crippen LogP contribution in [0.4, 0.5) is 0 Å². The van der Waals surface area contributed by atoms with Crippen LogP contribution in [-0.2, 0) is 0 Å². The molecule has 0 fully saturated rings. The second-order valence-corrected chi connectivity index (χ2v) is 2.71. The molecule has 0 atom stereocenters. The van der Waals surface area contributed by atoms with Gasteiger partial charge in [-0.05, 0) is 19.1 Å². The first-order valence-electron chi connectivity index (χ1n) is 2.45. The molecule has 0 aromatic heterocycles. The molecule has 0 bridgehead atoms. The van der Waals surface area contributed by atoms with Crippen LogP contribution in [0, 0.1) is 5.41 Å². The molecule has 7 heavy (non-hydrogen) atoms. The summed E-state index contributed by atoms with van der Waals surface area (Å²) in [6.07, 6.45) is 1.17. The van der Waals surface area contributed by atoms with Crippen LogP contribution in [0.3, 0.4) is 0 Å². The van der Waals surface area contributed by atoms with E-state index in [1.165, 1.54) is 6.42 Å². The van der Waals surface area contributed by atoms with Crippen molar-refractivity contribution >= 4 is 16.8 Å². The zero-order valence-electron chi connectivity index (χ0n) is 4.82. The minimum absolute atomic E-state index is 0.724. The lowest BCUT2D eigenvalue weighted by atomic mass is 10.6. The summed E-state index contributed by atoms with van der Waals surface area (Å²) in [5.41, 5.74) is 0. The average Bonchev–Trinajstić information content (AvgIpc) is 1.61. The molecule has 0 aromatic carbocycles. The zero-order valence-corrected chi connectivity index (χ0v) is 5.64. The second kappa shape index (κ2) is 4.19. The van der Waals surface area contributed by atoms with Gasteiger partial charge in [0.25, 0.3) is 0 Å². The third-order valence-electron chi connectivity index (χ3n) is 0.523. The van der Waals surface area contributed by atoms with Crippen LogP contribution < -0.4 is 0 Å². The molecule has 1 N–H and O–H groups in total. The zero-order chi connectivity index (χ0) is 5.70. The summed E-state index contributed by atoms with van der Waals surface area (Å²) in [5.74, 6) is 1.09. The first kappa shape index (κ1) is 7.02. The van der Waals surface area contributed by atoms with Crippen LogP contribution in [0.15, 0.2) is 0 Å². The maximum absolute atomic E-state index is 6.96. The molecule has 0 aromatic rings. The van der Waals surface area contributed by atoms with Gasteiger partial charge in [-0.1, -0.05) is 6.92 Å². The Kier molecular flexibility index (Phi) is 4.20. The molecule has 0 heterocycles. The van der Waals surface area contributed by atoms with Crippen molar-refractivity contribution in [3.05, 3.63) is 0 Å². The Hall–Kier alpha value is 0.0200. The summed E-state index contributed by atoms with van der Waals surface area (Å²) in [6.45, 7) is 3.94. The van der Waals surface area contributed by atoms with E-state index in [-0.39, 0.29) is 0 Å². The number of nitrogens with one attached hydrogen (secondary N) is 1. The quantitative estimate of drug-likeness (QED) is 0.434. The Morgan fingerprint density at radius 2 is 2.29 bits per heavy atom. The van der Waals surface area contributed by atoms with E-state index in [4.69, 9.17) is 5.41 Å². The maximum Gasteiger partial charge on any atom is 0.0610 e.